The predicted molar refractivity (Wildman–Crippen MR) is 55.4 cm³/mol. The van der Waals surface area contributed by atoms with E-state index >= 15 is 0 Å². The first-order valence-electron chi connectivity index (χ1n) is 5.56. The summed E-state index contributed by atoms with van der Waals surface area (Å²) in [5.41, 5.74) is 5.31. The Morgan fingerprint density at radius 1 is 1.29 bits per heavy atom. The van der Waals surface area contributed by atoms with Crippen LogP contribution < -0.4 is 11.1 Å². The van der Waals surface area contributed by atoms with Crippen LogP contribution in [-0.4, -0.2) is 45.2 Å². The lowest BCUT2D eigenvalue weighted by atomic mass is 9.80. The Morgan fingerprint density at radius 2 is 1.88 bits per heavy atom. The Hall–Kier alpha value is -0.400. The molecule has 1 aliphatic heterocycles. The first-order chi connectivity index (χ1) is 7.92. The number of hydrogen-bond acceptors (Lipinski definition) is 3. The quantitative estimate of drug-likeness (QED) is 0.704. The van der Waals surface area contributed by atoms with Gasteiger partial charge in [-0.2, -0.15) is 8.78 Å². The normalized spacial score (nSPS) is 20.8. The fourth-order valence-electron chi connectivity index (χ4n) is 1.83. The number of hydrogen-bond donors (Lipinski definition) is 2. The van der Waals surface area contributed by atoms with E-state index in [4.69, 9.17) is 10.5 Å². The van der Waals surface area contributed by atoms with Gasteiger partial charge >= 0.3 is 12.3 Å². The third-order valence-electron chi connectivity index (χ3n) is 3.17. The zero-order valence-corrected chi connectivity index (χ0v) is 9.52. The van der Waals surface area contributed by atoms with Crippen LogP contribution in [0.2, 0.25) is 0 Å². The summed E-state index contributed by atoms with van der Waals surface area (Å²) < 4.78 is 54.3. The Labute approximate surface area is 97.7 Å². The van der Waals surface area contributed by atoms with Crippen molar-refractivity contribution in [2.45, 2.75) is 25.2 Å². The zero-order valence-electron chi connectivity index (χ0n) is 9.52. The summed E-state index contributed by atoms with van der Waals surface area (Å²) in [7, 11) is 0. The monoisotopic (exact) mass is 258 g/mol. The zero-order chi connectivity index (χ0) is 12.9. The standard InChI is InChI=1S/C10H18F4N2O/c11-8(12)10(13,14)7-16-6-9(5-15)1-3-17-4-2-9/h8,16H,1-7,15H2. The molecule has 1 aliphatic rings. The van der Waals surface area contributed by atoms with Crippen LogP contribution in [0.5, 0.6) is 0 Å². The summed E-state index contributed by atoms with van der Waals surface area (Å²) in [6, 6.07) is 0. The van der Waals surface area contributed by atoms with Gasteiger partial charge in [0, 0.05) is 19.8 Å². The molecule has 1 rings (SSSR count). The maximum absolute atomic E-state index is 12.7. The molecule has 0 aliphatic carbocycles. The molecule has 3 N–H and O–H groups in total. The lowest BCUT2D eigenvalue weighted by Crippen LogP contribution is -2.48. The van der Waals surface area contributed by atoms with E-state index in [0.29, 0.717) is 32.6 Å². The van der Waals surface area contributed by atoms with Gasteiger partial charge in [0.1, 0.15) is 0 Å². The molecule has 0 amide bonds. The topological polar surface area (TPSA) is 47.3 Å². The van der Waals surface area contributed by atoms with Crippen molar-refractivity contribution in [3.8, 4) is 0 Å². The molecule has 0 radical (unpaired) electrons. The molecular formula is C10H18F4N2O. The third kappa shape index (κ3) is 4.08. The van der Waals surface area contributed by atoms with E-state index in [1.165, 1.54) is 0 Å². The molecule has 7 heteroatoms. The van der Waals surface area contributed by atoms with Crippen LogP contribution in [0.15, 0.2) is 0 Å². The Balaban J connectivity index is 2.38. The minimum absolute atomic E-state index is 0.217. The average Bonchev–Trinajstić information content (AvgIpc) is 2.30. The van der Waals surface area contributed by atoms with Gasteiger partial charge in [-0.15, -0.1) is 0 Å². The number of halogens is 4. The highest BCUT2D eigenvalue weighted by Gasteiger charge is 2.41. The molecule has 0 aromatic rings. The second kappa shape index (κ2) is 5.97. The number of nitrogens with one attached hydrogen (secondary N) is 1. The van der Waals surface area contributed by atoms with Crippen molar-refractivity contribution in [1.29, 1.82) is 0 Å². The summed E-state index contributed by atoms with van der Waals surface area (Å²) in [5.74, 6) is -3.99. The molecule has 17 heavy (non-hydrogen) atoms. The highest BCUT2D eigenvalue weighted by molar-refractivity contribution is 4.86. The van der Waals surface area contributed by atoms with Gasteiger partial charge in [-0.25, -0.2) is 8.78 Å². The largest absolute Gasteiger partial charge is 0.381 e. The van der Waals surface area contributed by atoms with Crippen LogP contribution in [0.4, 0.5) is 17.6 Å². The predicted octanol–water partition coefficient (Wildman–Crippen LogP) is 1.23. The van der Waals surface area contributed by atoms with Crippen LogP contribution in [0.3, 0.4) is 0 Å². The summed E-state index contributed by atoms with van der Waals surface area (Å²) in [5, 5.41) is 2.40. The molecule has 1 fully saturated rings. The molecule has 0 atom stereocenters. The van der Waals surface area contributed by atoms with Crippen molar-refractivity contribution in [3.05, 3.63) is 0 Å². The second-order valence-corrected chi connectivity index (χ2v) is 4.48. The van der Waals surface area contributed by atoms with Crippen molar-refractivity contribution >= 4 is 0 Å². The Morgan fingerprint density at radius 3 is 2.35 bits per heavy atom. The Kier molecular flexibility index (Phi) is 5.15. The number of ether oxygens (including phenoxy) is 1. The van der Waals surface area contributed by atoms with Gasteiger partial charge in [0.25, 0.3) is 0 Å². The number of alkyl halides is 4. The van der Waals surface area contributed by atoms with E-state index in [1.807, 2.05) is 0 Å². The van der Waals surface area contributed by atoms with Crippen LogP contribution in [0.1, 0.15) is 12.8 Å². The lowest BCUT2D eigenvalue weighted by Gasteiger charge is -2.36. The van der Waals surface area contributed by atoms with Crippen LogP contribution in [0, 0.1) is 5.41 Å². The number of nitrogens with two attached hydrogens (primary N) is 1. The summed E-state index contributed by atoms with van der Waals surface area (Å²) >= 11 is 0. The molecule has 0 aromatic heterocycles. The SMILES string of the molecule is NCC1(CNCC(F)(F)C(F)F)CCOCC1. The summed E-state index contributed by atoms with van der Waals surface area (Å²) in [6.45, 7) is 0.598. The van der Waals surface area contributed by atoms with Crippen molar-refractivity contribution in [2.75, 3.05) is 32.8 Å². The molecule has 1 saturated heterocycles. The van der Waals surface area contributed by atoms with Crippen LogP contribution in [0.25, 0.3) is 0 Å². The van der Waals surface area contributed by atoms with E-state index < -0.39 is 18.9 Å². The van der Waals surface area contributed by atoms with E-state index in [1.54, 1.807) is 0 Å². The molecular weight excluding hydrogens is 240 g/mol. The average molecular weight is 258 g/mol. The fourth-order valence-corrected chi connectivity index (χ4v) is 1.83. The molecule has 0 unspecified atom stereocenters. The van der Waals surface area contributed by atoms with Crippen molar-refractivity contribution in [3.63, 3.8) is 0 Å². The Bertz CT molecular complexity index is 232. The molecule has 0 saturated carbocycles. The molecule has 1 heterocycles. The molecule has 0 spiro atoms. The molecule has 0 bridgehead atoms. The smallest absolute Gasteiger partial charge is 0.319 e. The summed E-state index contributed by atoms with van der Waals surface area (Å²) in [6.07, 6.45) is -2.31. The van der Waals surface area contributed by atoms with E-state index in [-0.39, 0.29) is 12.0 Å². The van der Waals surface area contributed by atoms with Crippen LogP contribution >= 0.6 is 0 Å². The molecule has 0 aromatic carbocycles. The van der Waals surface area contributed by atoms with Gasteiger partial charge < -0.3 is 15.8 Å². The molecule has 3 nitrogen and oxygen atoms in total. The third-order valence-corrected chi connectivity index (χ3v) is 3.17. The first kappa shape index (κ1) is 14.7. The van der Waals surface area contributed by atoms with Gasteiger partial charge in [0.2, 0.25) is 0 Å². The van der Waals surface area contributed by atoms with Gasteiger partial charge in [-0.3, -0.25) is 0 Å². The van der Waals surface area contributed by atoms with Crippen molar-refractivity contribution in [1.82, 2.24) is 5.32 Å². The van der Waals surface area contributed by atoms with Gasteiger partial charge in [-0.05, 0) is 24.8 Å². The van der Waals surface area contributed by atoms with Gasteiger partial charge in [-0.1, -0.05) is 0 Å². The van der Waals surface area contributed by atoms with E-state index in [2.05, 4.69) is 5.32 Å². The van der Waals surface area contributed by atoms with Crippen molar-refractivity contribution in [2.24, 2.45) is 11.1 Å². The molecule has 102 valence electrons. The maximum atomic E-state index is 12.7. The lowest BCUT2D eigenvalue weighted by molar-refractivity contribution is -0.126. The summed E-state index contributed by atoms with van der Waals surface area (Å²) in [4.78, 5) is 0. The minimum Gasteiger partial charge on any atom is -0.381 e. The van der Waals surface area contributed by atoms with E-state index in [0.717, 1.165) is 0 Å². The second-order valence-electron chi connectivity index (χ2n) is 4.48. The minimum atomic E-state index is -3.99. The van der Waals surface area contributed by atoms with Crippen molar-refractivity contribution < 1.29 is 22.3 Å². The van der Waals surface area contributed by atoms with Crippen LogP contribution in [-0.2, 0) is 4.74 Å². The van der Waals surface area contributed by atoms with Gasteiger partial charge in [0.05, 0.1) is 6.54 Å². The van der Waals surface area contributed by atoms with E-state index in [9.17, 15) is 17.6 Å². The first-order valence-corrected chi connectivity index (χ1v) is 5.56. The highest BCUT2D eigenvalue weighted by atomic mass is 19.3. The number of rotatable bonds is 6. The van der Waals surface area contributed by atoms with Gasteiger partial charge in [0.15, 0.2) is 0 Å². The maximum Gasteiger partial charge on any atom is 0.319 e. The fraction of sp³-hybridized carbons (Fsp3) is 1.00. The highest BCUT2D eigenvalue weighted by Crippen LogP contribution is 2.29.